The molecule has 0 radical (unpaired) electrons. The van der Waals surface area contributed by atoms with E-state index >= 15 is 0 Å². The van der Waals surface area contributed by atoms with Gasteiger partial charge in [-0.15, -0.1) is 0 Å². The Kier molecular flexibility index (Phi) is 2.82. The van der Waals surface area contributed by atoms with Crippen molar-refractivity contribution in [1.82, 2.24) is 4.98 Å². The van der Waals surface area contributed by atoms with Crippen LogP contribution in [0.2, 0.25) is 5.15 Å². The van der Waals surface area contributed by atoms with Gasteiger partial charge in [0.25, 0.3) is 0 Å². The molecule has 0 bridgehead atoms. The van der Waals surface area contributed by atoms with Crippen molar-refractivity contribution in [2.24, 2.45) is 0 Å². The lowest BCUT2D eigenvalue weighted by molar-refractivity contribution is 0.0436. The Labute approximate surface area is 96.4 Å². The molecule has 1 fully saturated rings. The van der Waals surface area contributed by atoms with Crippen LogP contribution in [-0.2, 0) is 5.60 Å². The SMILES string of the molecule is OC1(c2cc(Cl)ncc2Br)CCCC1. The van der Waals surface area contributed by atoms with Gasteiger partial charge >= 0.3 is 0 Å². The van der Waals surface area contributed by atoms with Crippen molar-refractivity contribution in [3.8, 4) is 0 Å². The van der Waals surface area contributed by atoms with Crippen LogP contribution in [-0.4, -0.2) is 10.1 Å². The molecule has 2 rings (SSSR count). The predicted molar refractivity (Wildman–Crippen MR) is 59.3 cm³/mol. The average molecular weight is 277 g/mol. The van der Waals surface area contributed by atoms with E-state index in [0.29, 0.717) is 5.15 Å². The Balaban J connectivity index is 2.44. The summed E-state index contributed by atoms with van der Waals surface area (Å²) in [5, 5.41) is 10.8. The van der Waals surface area contributed by atoms with Gasteiger partial charge in [0.2, 0.25) is 0 Å². The van der Waals surface area contributed by atoms with Gasteiger partial charge in [-0.2, -0.15) is 0 Å². The third-order valence-corrected chi connectivity index (χ3v) is 3.59. The average Bonchev–Trinajstić information content (AvgIpc) is 2.58. The van der Waals surface area contributed by atoms with Gasteiger partial charge in [-0.1, -0.05) is 24.4 Å². The van der Waals surface area contributed by atoms with E-state index in [1.807, 2.05) is 0 Å². The Hall–Kier alpha value is -0.120. The third kappa shape index (κ3) is 1.81. The highest BCUT2D eigenvalue weighted by Gasteiger charge is 2.34. The molecule has 0 amide bonds. The van der Waals surface area contributed by atoms with Crippen LogP contribution in [0.15, 0.2) is 16.7 Å². The minimum atomic E-state index is -0.703. The summed E-state index contributed by atoms with van der Waals surface area (Å²) in [6, 6.07) is 1.75. The van der Waals surface area contributed by atoms with Gasteiger partial charge in [0, 0.05) is 16.2 Å². The molecule has 1 aliphatic rings. The summed E-state index contributed by atoms with van der Waals surface area (Å²) in [4.78, 5) is 3.95. The summed E-state index contributed by atoms with van der Waals surface area (Å²) >= 11 is 9.21. The second kappa shape index (κ2) is 3.80. The lowest BCUT2D eigenvalue weighted by Crippen LogP contribution is -2.21. The number of pyridine rings is 1. The molecule has 1 N–H and O–H groups in total. The van der Waals surface area contributed by atoms with Crippen LogP contribution in [0.4, 0.5) is 0 Å². The van der Waals surface area contributed by atoms with E-state index in [-0.39, 0.29) is 0 Å². The van der Waals surface area contributed by atoms with Crippen LogP contribution in [0.25, 0.3) is 0 Å². The summed E-state index contributed by atoms with van der Waals surface area (Å²) in [7, 11) is 0. The molecule has 1 heterocycles. The Morgan fingerprint density at radius 3 is 2.71 bits per heavy atom. The number of aromatic nitrogens is 1. The number of nitrogens with zero attached hydrogens (tertiary/aromatic N) is 1. The lowest BCUT2D eigenvalue weighted by Gasteiger charge is -2.23. The molecule has 0 aromatic carbocycles. The van der Waals surface area contributed by atoms with Gasteiger partial charge in [0.1, 0.15) is 5.15 Å². The number of rotatable bonds is 1. The minimum absolute atomic E-state index is 0.434. The zero-order valence-corrected chi connectivity index (χ0v) is 9.98. The first kappa shape index (κ1) is 10.4. The van der Waals surface area contributed by atoms with E-state index < -0.39 is 5.60 Å². The van der Waals surface area contributed by atoms with E-state index in [0.717, 1.165) is 35.7 Å². The van der Waals surface area contributed by atoms with Crippen molar-refractivity contribution in [1.29, 1.82) is 0 Å². The summed E-state index contributed by atoms with van der Waals surface area (Å²) in [5.41, 5.74) is 0.167. The maximum absolute atomic E-state index is 10.4. The van der Waals surface area contributed by atoms with Crippen LogP contribution >= 0.6 is 27.5 Å². The quantitative estimate of drug-likeness (QED) is 0.799. The van der Waals surface area contributed by atoms with Gasteiger partial charge in [0.15, 0.2) is 0 Å². The molecule has 14 heavy (non-hydrogen) atoms. The number of hydrogen-bond donors (Lipinski definition) is 1. The standard InChI is InChI=1S/C10H11BrClNO/c11-8-6-13-9(12)5-7(8)10(14)3-1-2-4-10/h5-6,14H,1-4H2. The third-order valence-electron chi connectivity index (χ3n) is 2.75. The van der Waals surface area contributed by atoms with Crippen LogP contribution in [0.5, 0.6) is 0 Å². The lowest BCUT2D eigenvalue weighted by atomic mass is 9.93. The topological polar surface area (TPSA) is 33.1 Å². The molecular formula is C10H11BrClNO. The zero-order chi connectivity index (χ0) is 10.2. The highest BCUT2D eigenvalue weighted by Crippen LogP contribution is 2.41. The molecule has 1 aliphatic carbocycles. The molecule has 1 aromatic rings. The zero-order valence-electron chi connectivity index (χ0n) is 7.63. The second-order valence-electron chi connectivity index (χ2n) is 3.73. The summed E-state index contributed by atoms with van der Waals surface area (Å²) in [6.07, 6.45) is 5.41. The van der Waals surface area contributed by atoms with Crippen molar-refractivity contribution in [3.63, 3.8) is 0 Å². The van der Waals surface area contributed by atoms with Crippen LogP contribution in [0.3, 0.4) is 0 Å². The largest absolute Gasteiger partial charge is 0.385 e. The molecule has 4 heteroatoms. The molecule has 0 aliphatic heterocycles. The van der Waals surface area contributed by atoms with Gasteiger partial charge < -0.3 is 5.11 Å². The van der Waals surface area contributed by atoms with E-state index in [2.05, 4.69) is 20.9 Å². The van der Waals surface area contributed by atoms with Crippen LogP contribution in [0, 0.1) is 0 Å². The highest BCUT2D eigenvalue weighted by molar-refractivity contribution is 9.10. The first-order valence-electron chi connectivity index (χ1n) is 4.66. The Morgan fingerprint density at radius 1 is 1.43 bits per heavy atom. The van der Waals surface area contributed by atoms with E-state index in [4.69, 9.17) is 11.6 Å². The van der Waals surface area contributed by atoms with Crippen molar-refractivity contribution in [3.05, 3.63) is 27.5 Å². The van der Waals surface area contributed by atoms with Gasteiger partial charge in [-0.05, 0) is 34.8 Å². The normalized spacial score (nSPS) is 19.9. The van der Waals surface area contributed by atoms with Gasteiger partial charge in [-0.3, -0.25) is 0 Å². The molecule has 2 nitrogen and oxygen atoms in total. The monoisotopic (exact) mass is 275 g/mol. The maximum Gasteiger partial charge on any atom is 0.129 e. The van der Waals surface area contributed by atoms with E-state index in [1.54, 1.807) is 12.3 Å². The first-order valence-corrected chi connectivity index (χ1v) is 5.83. The molecule has 76 valence electrons. The molecule has 0 spiro atoms. The van der Waals surface area contributed by atoms with Crippen molar-refractivity contribution in [2.75, 3.05) is 0 Å². The summed E-state index contributed by atoms with van der Waals surface area (Å²) in [5.74, 6) is 0. The van der Waals surface area contributed by atoms with Crippen LogP contribution < -0.4 is 0 Å². The molecule has 1 aromatic heterocycles. The molecule has 1 saturated carbocycles. The summed E-state index contributed by atoms with van der Waals surface area (Å²) < 4.78 is 0.839. The predicted octanol–water partition coefficient (Wildman–Crippen LogP) is 3.26. The fourth-order valence-electron chi connectivity index (χ4n) is 2.00. The number of halogens is 2. The maximum atomic E-state index is 10.4. The van der Waals surface area contributed by atoms with E-state index in [9.17, 15) is 5.11 Å². The van der Waals surface area contributed by atoms with Gasteiger partial charge in [0.05, 0.1) is 5.60 Å². The fourth-order valence-corrected chi connectivity index (χ4v) is 2.74. The molecule has 0 saturated heterocycles. The number of aliphatic hydroxyl groups is 1. The van der Waals surface area contributed by atoms with Crippen molar-refractivity contribution < 1.29 is 5.11 Å². The summed E-state index contributed by atoms with van der Waals surface area (Å²) in [6.45, 7) is 0. The van der Waals surface area contributed by atoms with E-state index in [1.165, 1.54) is 0 Å². The Morgan fingerprint density at radius 2 is 2.07 bits per heavy atom. The highest BCUT2D eigenvalue weighted by atomic mass is 79.9. The van der Waals surface area contributed by atoms with Gasteiger partial charge in [-0.25, -0.2) is 4.98 Å². The fraction of sp³-hybridized carbons (Fsp3) is 0.500. The molecule has 0 atom stereocenters. The molecular weight excluding hydrogens is 265 g/mol. The second-order valence-corrected chi connectivity index (χ2v) is 4.97. The smallest absolute Gasteiger partial charge is 0.129 e. The van der Waals surface area contributed by atoms with Crippen LogP contribution in [0.1, 0.15) is 31.2 Å². The minimum Gasteiger partial charge on any atom is -0.385 e. The van der Waals surface area contributed by atoms with Crippen molar-refractivity contribution in [2.45, 2.75) is 31.3 Å². The molecule has 0 unspecified atom stereocenters. The number of hydrogen-bond acceptors (Lipinski definition) is 2. The Bertz CT molecular complexity index is 350. The first-order chi connectivity index (χ1) is 6.62. The van der Waals surface area contributed by atoms with Crippen molar-refractivity contribution >= 4 is 27.5 Å².